The first-order chi connectivity index (χ1) is 10.1. The van der Waals surface area contributed by atoms with Gasteiger partial charge in [-0.2, -0.15) is 0 Å². The Bertz CT molecular complexity index is 622. The van der Waals surface area contributed by atoms with Crippen LogP contribution < -0.4 is 4.90 Å². The fourth-order valence-electron chi connectivity index (χ4n) is 2.16. The van der Waals surface area contributed by atoms with E-state index >= 15 is 0 Å². The number of nitrogens with zero attached hydrogens (tertiary/aromatic N) is 3. The van der Waals surface area contributed by atoms with Gasteiger partial charge in [0.25, 0.3) is 0 Å². The molecule has 7 heteroatoms. The quantitative estimate of drug-likeness (QED) is 0.792. The molecule has 0 amide bonds. The smallest absolute Gasteiger partial charge is 0.228 e. The van der Waals surface area contributed by atoms with E-state index in [9.17, 15) is 4.39 Å². The molecule has 21 heavy (non-hydrogen) atoms. The molecule has 1 aliphatic heterocycles. The van der Waals surface area contributed by atoms with Gasteiger partial charge < -0.3 is 9.64 Å². The molecule has 0 unspecified atom stereocenters. The van der Waals surface area contributed by atoms with Crippen LogP contribution >= 0.6 is 23.2 Å². The van der Waals surface area contributed by atoms with Crippen LogP contribution in [-0.2, 0) is 4.74 Å². The van der Waals surface area contributed by atoms with Crippen molar-refractivity contribution >= 4 is 29.2 Å². The largest absolute Gasteiger partial charge is 0.378 e. The van der Waals surface area contributed by atoms with Crippen LogP contribution in [0.15, 0.2) is 24.3 Å². The maximum absolute atomic E-state index is 13.0. The molecule has 1 aromatic heterocycles. The summed E-state index contributed by atoms with van der Waals surface area (Å²) >= 11 is 12.5. The van der Waals surface area contributed by atoms with Crippen LogP contribution in [0.3, 0.4) is 0 Å². The lowest BCUT2D eigenvalue weighted by Gasteiger charge is -2.27. The molecule has 0 saturated carbocycles. The van der Waals surface area contributed by atoms with Crippen molar-refractivity contribution in [1.29, 1.82) is 0 Å². The summed E-state index contributed by atoms with van der Waals surface area (Å²) in [5.41, 5.74) is 1.19. The maximum Gasteiger partial charge on any atom is 0.228 e. The molecule has 0 radical (unpaired) electrons. The molecule has 110 valence electrons. The Kier molecular flexibility index (Phi) is 4.24. The number of anilines is 1. The number of benzene rings is 1. The second kappa shape index (κ2) is 6.13. The zero-order valence-electron chi connectivity index (χ0n) is 11.0. The highest BCUT2D eigenvalue weighted by molar-refractivity contribution is 6.37. The van der Waals surface area contributed by atoms with E-state index in [0.717, 1.165) is 0 Å². The summed E-state index contributed by atoms with van der Waals surface area (Å²) in [5.74, 6) is 0.163. The van der Waals surface area contributed by atoms with Gasteiger partial charge in [-0.15, -0.1) is 0 Å². The van der Waals surface area contributed by atoms with Gasteiger partial charge in [0.15, 0.2) is 0 Å². The molecule has 2 heterocycles. The summed E-state index contributed by atoms with van der Waals surface area (Å²) in [6.45, 7) is 2.64. The minimum Gasteiger partial charge on any atom is -0.378 e. The molecule has 1 saturated heterocycles. The Labute approximate surface area is 131 Å². The predicted octanol–water partition coefficient (Wildman–Crippen LogP) is 3.43. The van der Waals surface area contributed by atoms with E-state index < -0.39 is 0 Å². The summed E-state index contributed by atoms with van der Waals surface area (Å²) in [4.78, 5) is 10.6. The van der Waals surface area contributed by atoms with Gasteiger partial charge in [-0.3, -0.25) is 0 Å². The van der Waals surface area contributed by atoms with Crippen molar-refractivity contribution in [2.75, 3.05) is 31.2 Å². The molecular formula is C14H12Cl2FN3O. The van der Waals surface area contributed by atoms with Crippen LogP contribution in [0.2, 0.25) is 10.3 Å². The SMILES string of the molecule is Fc1ccc(-c2c(Cl)nc(N3CCOCC3)nc2Cl)cc1. The summed E-state index contributed by atoms with van der Waals surface area (Å²) in [6, 6.07) is 5.89. The van der Waals surface area contributed by atoms with Crippen molar-refractivity contribution < 1.29 is 9.13 Å². The van der Waals surface area contributed by atoms with Gasteiger partial charge in [0.05, 0.1) is 18.8 Å². The van der Waals surface area contributed by atoms with Crippen LogP contribution in [0.1, 0.15) is 0 Å². The van der Waals surface area contributed by atoms with Crippen molar-refractivity contribution in [2.45, 2.75) is 0 Å². The van der Waals surface area contributed by atoms with E-state index in [0.29, 0.717) is 43.4 Å². The van der Waals surface area contributed by atoms with Gasteiger partial charge in [0.2, 0.25) is 5.95 Å². The van der Waals surface area contributed by atoms with Crippen LogP contribution in [0.25, 0.3) is 11.1 Å². The van der Waals surface area contributed by atoms with Gasteiger partial charge >= 0.3 is 0 Å². The molecule has 1 aliphatic rings. The molecule has 0 aliphatic carbocycles. The van der Waals surface area contributed by atoms with E-state index in [1.165, 1.54) is 12.1 Å². The molecule has 4 nitrogen and oxygen atoms in total. The van der Waals surface area contributed by atoms with Crippen molar-refractivity contribution in [3.63, 3.8) is 0 Å². The molecule has 1 aromatic carbocycles. The number of rotatable bonds is 2. The van der Waals surface area contributed by atoms with Gasteiger partial charge in [-0.1, -0.05) is 35.3 Å². The summed E-state index contributed by atoms with van der Waals surface area (Å²) in [5, 5.41) is 0.506. The number of hydrogen-bond donors (Lipinski definition) is 0. The van der Waals surface area contributed by atoms with E-state index in [2.05, 4.69) is 9.97 Å². The lowest BCUT2D eigenvalue weighted by Crippen LogP contribution is -2.37. The lowest BCUT2D eigenvalue weighted by molar-refractivity contribution is 0.122. The second-order valence-corrected chi connectivity index (χ2v) is 5.30. The van der Waals surface area contributed by atoms with Gasteiger partial charge in [-0.05, 0) is 17.7 Å². The van der Waals surface area contributed by atoms with Gasteiger partial charge in [0.1, 0.15) is 16.1 Å². The predicted molar refractivity (Wildman–Crippen MR) is 80.5 cm³/mol. The first kappa shape index (κ1) is 14.5. The van der Waals surface area contributed by atoms with Crippen molar-refractivity contribution in [3.05, 3.63) is 40.4 Å². The normalized spacial score (nSPS) is 15.3. The topological polar surface area (TPSA) is 38.2 Å². The van der Waals surface area contributed by atoms with Crippen LogP contribution in [0.4, 0.5) is 10.3 Å². The van der Waals surface area contributed by atoms with Gasteiger partial charge in [0, 0.05) is 13.1 Å². The van der Waals surface area contributed by atoms with E-state index in [-0.39, 0.29) is 16.1 Å². The first-order valence-corrected chi connectivity index (χ1v) is 7.22. The van der Waals surface area contributed by atoms with Gasteiger partial charge in [-0.25, -0.2) is 14.4 Å². The average molecular weight is 328 g/mol. The monoisotopic (exact) mass is 327 g/mol. The Morgan fingerprint density at radius 1 is 1.00 bits per heavy atom. The number of hydrogen-bond acceptors (Lipinski definition) is 4. The zero-order valence-corrected chi connectivity index (χ0v) is 12.5. The van der Waals surface area contributed by atoms with Crippen molar-refractivity contribution in [1.82, 2.24) is 9.97 Å². The zero-order chi connectivity index (χ0) is 14.8. The highest BCUT2D eigenvalue weighted by atomic mass is 35.5. The molecule has 1 fully saturated rings. The number of morpholine rings is 1. The fraction of sp³-hybridized carbons (Fsp3) is 0.286. The second-order valence-electron chi connectivity index (χ2n) is 4.59. The summed E-state index contributed by atoms with van der Waals surface area (Å²) in [6.07, 6.45) is 0. The Morgan fingerprint density at radius 2 is 1.57 bits per heavy atom. The first-order valence-electron chi connectivity index (χ1n) is 6.47. The Hall–Kier alpha value is -1.43. The average Bonchev–Trinajstić information content (AvgIpc) is 2.49. The molecular weight excluding hydrogens is 316 g/mol. The number of halogens is 3. The number of aromatic nitrogens is 2. The third-order valence-electron chi connectivity index (χ3n) is 3.24. The molecule has 3 rings (SSSR count). The van der Waals surface area contributed by atoms with Crippen molar-refractivity contribution in [2.24, 2.45) is 0 Å². The molecule has 0 spiro atoms. The Balaban J connectivity index is 1.97. The standard InChI is InChI=1S/C14H12Cl2FN3O/c15-12-11(9-1-3-10(17)4-2-9)13(16)19-14(18-12)20-5-7-21-8-6-20/h1-4H,5-8H2. The Morgan fingerprint density at radius 3 is 2.14 bits per heavy atom. The molecule has 0 N–H and O–H groups in total. The van der Waals surface area contributed by atoms with E-state index in [1.807, 2.05) is 4.90 Å². The highest BCUT2D eigenvalue weighted by Gasteiger charge is 2.19. The van der Waals surface area contributed by atoms with Crippen LogP contribution in [0, 0.1) is 5.82 Å². The van der Waals surface area contributed by atoms with E-state index in [1.54, 1.807) is 12.1 Å². The number of ether oxygens (including phenoxy) is 1. The fourth-order valence-corrected chi connectivity index (χ4v) is 2.75. The summed E-state index contributed by atoms with van der Waals surface area (Å²) < 4.78 is 18.3. The minimum atomic E-state index is -0.322. The molecule has 0 bridgehead atoms. The highest BCUT2D eigenvalue weighted by Crippen LogP contribution is 2.34. The molecule has 0 atom stereocenters. The molecule has 2 aromatic rings. The third kappa shape index (κ3) is 3.10. The van der Waals surface area contributed by atoms with Crippen LogP contribution in [0.5, 0.6) is 0 Å². The van der Waals surface area contributed by atoms with Crippen LogP contribution in [-0.4, -0.2) is 36.3 Å². The van der Waals surface area contributed by atoms with Crippen molar-refractivity contribution in [3.8, 4) is 11.1 Å². The minimum absolute atomic E-state index is 0.253. The van der Waals surface area contributed by atoms with E-state index in [4.69, 9.17) is 27.9 Å². The lowest BCUT2D eigenvalue weighted by atomic mass is 10.1. The third-order valence-corrected chi connectivity index (χ3v) is 3.78. The summed E-state index contributed by atoms with van der Waals surface area (Å²) in [7, 11) is 0. The maximum atomic E-state index is 13.0.